The van der Waals surface area contributed by atoms with Gasteiger partial charge in [0.15, 0.2) is 42.8 Å². The summed E-state index contributed by atoms with van der Waals surface area (Å²) in [5.41, 5.74) is 1.08. The second kappa shape index (κ2) is 22.3. The molecular formula is C54H52O16. The second-order valence-electron chi connectivity index (χ2n) is 17.2. The van der Waals surface area contributed by atoms with Crippen molar-refractivity contribution in [1.29, 1.82) is 0 Å². The van der Waals surface area contributed by atoms with Crippen molar-refractivity contribution in [3.05, 3.63) is 179 Å². The van der Waals surface area contributed by atoms with Crippen LogP contribution in [-0.2, 0) is 52.1 Å². The summed E-state index contributed by atoms with van der Waals surface area (Å²) in [6.07, 6.45) is -9.29. The number of fused-ring (bicyclic) bond motifs is 1. The van der Waals surface area contributed by atoms with Crippen LogP contribution in [0.25, 0.3) is 0 Å². The van der Waals surface area contributed by atoms with Crippen LogP contribution in [0.15, 0.2) is 152 Å². The van der Waals surface area contributed by atoms with Crippen molar-refractivity contribution < 1.29 is 76.1 Å². The first-order valence-corrected chi connectivity index (χ1v) is 23.3. The van der Waals surface area contributed by atoms with Crippen LogP contribution in [-0.4, -0.2) is 117 Å². The molecule has 1 saturated carbocycles. The Balaban J connectivity index is 1.05. The topological polar surface area (TPSA) is 187 Å². The zero-order chi connectivity index (χ0) is 48.5. The van der Waals surface area contributed by atoms with Gasteiger partial charge in [0.2, 0.25) is 0 Å². The molecule has 0 bridgehead atoms. The summed E-state index contributed by atoms with van der Waals surface area (Å²) >= 11 is 0. The van der Waals surface area contributed by atoms with Crippen LogP contribution in [0.2, 0.25) is 0 Å². The maximum Gasteiger partial charge on any atom is 0.338 e. The van der Waals surface area contributed by atoms with E-state index < -0.39 is 110 Å². The lowest BCUT2D eigenvalue weighted by atomic mass is 9.94. The molecule has 1 aliphatic carbocycles. The summed E-state index contributed by atoms with van der Waals surface area (Å²) in [4.78, 5) is 68.9. The zero-order valence-corrected chi connectivity index (χ0v) is 38.2. The molecule has 5 aromatic rings. The molecule has 364 valence electrons. The first kappa shape index (κ1) is 48.2. The summed E-state index contributed by atoms with van der Waals surface area (Å²) in [5, 5.41) is 0. The van der Waals surface area contributed by atoms with Crippen LogP contribution < -0.4 is 0 Å². The molecular weight excluding hydrogens is 905 g/mol. The largest absolute Gasteiger partial charge is 0.459 e. The van der Waals surface area contributed by atoms with Crippen molar-refractivity contribution in [3.8, 4) is 0 Å². The van der Waals surface area contributed by atoms with E-state index in [0.29, 0.717) is 12.8 Å². The van der Waals surface area contributed by atoms with Gasteiger partial charge in [0.25, 0.3) is 0 Å². The SMILES string of the molecule is CO[C@H]1O[C@H](CO[C@@H]2O[C@H](COC(=O)c3ccccc3)[C@@H](OC(=O)c3ccccc3)[C@@H]3OC4(CCCCC4)O[C@H]23)[C@@H](OC(=O)c2ccccc2)[C@H](OC(=O)c2ccccc2)[C@H]1OC(=O)c1ccccc1. The van der Waals surface area contributed by atoms with Crippen molar-refractivity contribution in [1.82, 2.24) is 0 Å². The second-order valence-corrected chi connectivity index (χ2v) is 17.2. The predicted molar refractivity (Wildman–Crippen MR) is 245 cm³/mol. The number of hydrogen-bond donors (Lipinski definition) is 0. The molecule has 9 rings (SSSR count). The van der Waals surface area contributed by atoms with Gasteiger partial charge in [-0.3, -0.25) is 0 Å². The first-order chi connectivity index (χ1) is 34.2. The number of carbonyl (C=O) groups excluding carboxylic acids is 5. The summed E-state index contributed by atoms with van der Waals surface area (Å²) in [5.74, 6) is -4.81. The van der Waals surface area contributed by atoms with Gasteiger partial charge in [-0.05, 0) is 73.5 Å². The summed E-state index contributed by atoms with van der Waals surface area (Å²) in [6.45, 7) is -0.838. The maximum absolute atomic E-state index is 14.0. The quantitative estimate of drug-likeness (QED) is 0.0751. The molecule has 5 aromatic carbocycles. The summed E-state index contributed by atoms with van der Waals surface area (Å²) in [6, 6.07) is 41.2. The molecule has 4 aliphatic rings. The van der Waals surface area contributed by atoms with E-state index in [9.17, 15) is 24.0 Å². The van der Waals surface area contributed by atoms with Gasteiger partial charge in [0.1, 0.15) is 31.0 Å². The van der Waals surface area contributed by atoms with Crippen molar-refractivity contribution in [2.45, 2.75) is 99.3 Å². The van der Waals surface area contributed by atoms with Crippen LogP contribution in [0.4, 0.5) is 0 Å². The molecule has 0 amide bonds. The Kier molecular flexibility index (Phi) is 15.4. The summed E-state index contributed by atoms with van der Waals surface area (Å²) < 4.78 is 69.6. The Morgan fingerprint density at radius 1 is 0.443 bits per heavy atom. The fourth-order valence-corrected chi connectivity index (χ4v) is 9.07. The van der Waals surface area contributed by atoms with E-state index in [1.165, 1.54) is 7.11 Å². The number of hydrogen-bond acceptors (Lipinski definition) is 16. The molecule has 1 spiro atoms. The molecule has 0 radical (unpaired) electrons. The molecule has 70 heavy (non-hydrogen) atoms. The van der Waals surface area contributed by atoms with Crippen LogP contribution >= 0.6 is 0 Å². The monoisotopic (exact) mass is 956 g/mol. The third-order valence-corrected chi connectivity index (χ3v) is 12.6. The molecule has 3 saturated heterocycles. The lowest BCUT2D eigenvalue weighted by molar-refractivity contribution is -0.318. The average Bonchev–Trinajstić information content (AvgIpc) is 3.78. The fourth-order valence-electron chi connectivity index (χ4n) is 9.07. The minimum atomic E-state index is -1.55. The maximum atomic E-state index is 14.0. The fraction of sp³-hybridized carbons (Fsp3) is 0.352. The van der Waals surface area contributed by atoms with Crippen molar-refractivity contribution in [3.63, 3.8) is 0 Å². The van der Waals surface area contributed by atoms with E-state index in [4.69, 9.17) is 52.1 Å². The Labute approximate surface area is 403 Å². The zero-order valence-electron chi connectivity index (χ0n) is 38.2. The standard InChI is InChI=1S/C54H52O16/c1-60-52-45(68-51(59)38-28-16-6-17-29-38)43(67-50(58)37-26-14-5-15-27-37)41(65-48(56)35-22-10-3-11-23-35)40(63-52)33-62-53-46-44(69-54(70-46)30-18-7-19-31-54)42(66-49(57)36-24-12-4-13-25-36)39(64-53)32-61-47(55)34-20-8-2-9-21-34/h2-6,8-17,20-29,39-46,52-53H,7,18-19,30-33H2,1H3/t39-,40-,41-,42-,43+,44+,45-,46+,52+,53-/m1/s1. The van der Waals surface area contributed by atoms with Crippen molar-refractivity contribution >= 4 is 29.8 Å². The van der Waals surface area contributed by atoms with Gasteiger partial charge < -0.3 is 52.1 Å². The highest BCUT2D eigenvalue weighted by Crippen LogP contribution is 2.46. The lowest BCUT2D eigenvalue weighted by Gasteiger charge is -2.45. The van der Waals surface area contributed by atoms with Crippen LogP contribution in [0, 0.1) is 0 Å². The Morgan fingerprint density at radius 3 is 1.30 bits per heavy atom. The summed E-state index contributed by atoms with van der Waals surface area (Å²) in [7, 11) is 1.32. The van der Waals surface area contributed by atoms with E-state index in [1.807, 2.05) is 0 Å². The Hall–Kier alpha value is -6.79. The van der Waals surface area contributed by atoms with E-state index >= 15 is 0 Å². The first-order valence-electron chi connectivity index (χ1n) is 23.3. The highest BCUT2D eigenvalue weighted by atomic mass is 16.8. The number of methoxy groups -OCH3 is 1. The third kappa shape index (κ3) is 11.1. The van der Waals surface area contributed by atoms with E-state index in [2.05, 4.69) is 0 Å². The van der Waals surface area contributed by atoms with Crippen LogP contribution in [0.3, 0.4) is 0 Å². The van der Waals surface area contributed by atoms with Gasteiger partial charge in [-0.15, -0.1) is 0 Å². The van der Waals surface area contributed by atoms with E-state index in [0.717, 1.165) is 19.3 Å². The molecule has 0 aromatic heterocycles. The molecule has 3 aliphatic heterocycles. The van der Waals surface area contributed by atoms with Gasteiger partial charge in [0, 0.05) is 20.0 Å². The molecule has 16 nitrogen and oxygen atoms in total. The minimum absolute atomic E-state index is 0.162. The highest BCUT2D eigenvalue weighted by Gasteiger charge is 2.61. The van der Waals surface area contributed by atoms with E-state index in [-0.39, 0.29) is 27.8 Å². The van der Waals surface area contributed by atoms with Gasteiger partial charge in [-0.25, -0.2) is 24.0 Å². The normalized spacial score (nSPS) is 26.8. The molecule has 3 heterocycles. The number of esters is 5. The third-order valence-electron chi connectivity index (χ3n) is 12.6. The number of ether oxygens (including phenoxy) is 11. The Morgan fingerprint density at radius 2 is 0.829 bits per heavy atom. The molecule has 0 N–H and O–H groups in total. The smallest absolute Gasteiger partial charge is 0.338 e. The van der Waals surface area contributed by atoms with Gasteiger partial charge in [-0.2, -0.15) is 0 Å². The van der Waals surface area contributed by atoms with Crippen LogP contribution in [0.1, 0.15) is 83.9 Å². The molecule has 10 atom stereocenters. The van der Waals surface area contributed by atoms with Crippen LogP contribution in [0.5, 0.6) is 0 Å². The number of rotatable bonds is 15. The van der Waals surface area contributed by atoms with Crippen molar-refractivity contribution in [2.24, 2.45) is 0 Å². The number of benzene rings is 5. The highest BCUT2D eigenvalue weighted by molar-refractivity contribution is 5.92. The average molecular weight is 957 g/mol. The van der Waals surface area contributed by atoms with Crippen molar-refractivity contribution in [2.75, 3.05) is 20.3 Å². The molecule has 0 unspecified atom stereocenters. The lowest BCUT2D eigenvalue weighted by Crippen LogP contribution is -2.64. The van der Waals surface area contributed by atoms with Gasteiger partial charge >= 0.3 is 29.8 Å². The van der Waals surface area contributed by atoms with Gasteiger partial charge in [-0.1, -0.05) is 97.4 Å². The Bertz CT molecular complexity index is 2540. The number of carbonyl (C=O) groups is 5. The minimum Gasteiger partial charge on any atom is -0.459 e. The molecule has 4 fully saturated rings. The van der Waals surface area contributed by atoms with Gasteiger partial charge in [0.05, 0.1) is 34.4 Å². The van der Waals surface area contributed by atoms with E-state index in [1.54, 1.807) is 152 Å². The predicted octanol–water partition coefficient (Wildman–Crippen LogP) is 7.30. The molecule has 16 heteroatoms.